The van der Waals surface area contributed by atoms with Crippen molar-refractivity contribution in [1.29, 1.82) is 0 Å². The number of carbonyl (C=O) groups excluding carboxylic acids is 2. The Kier molecular flexibility index (Phi) is 8.01. The number of ether oxygens (including phenoxy) is 1. The Morgan fingerprint density at radius 1 is 0.947 bits per heavy atom. The first-order chi connectivity index (χ1) is 18.5. The molecule has 6 heteroatoms. The van der Waals surface area contributed by atoms with Crippen molar-refractivity contribution in [2.24, 2.45) is 0 Å². The lowest BCUT2D eigenvalue weighted by Gasteiger charge is -2.37. The average molecular weight is 525 g/mol. The zero-order valence-corrected chi connectivity index (χ0v) is 22.6. The van der Waals surface area contributed by atoms with Crippen LogP contribution in [0.2, 0.25) is 0 Å². The highest BCUT2D eigenvalue weighted by Crippen LogP contribution is 2.38. The summed E-state index contributed by atoms with van der Waals surface area (Å²) in [5.74, 6) is -0.229. The summed E-state index contributed by atoms with van der Waals surface area (Å²) in [6.07, 6.45) is 0.827. The Morgan fingerprint density at radius 3 is 2.37 bits per heavy atom. The van der Waals surface area contributed by atoms with Crippen LogP contribution in [0.1, 0.15) is 38.0 Å². The Morgan fingerprint density at radius 2 is 1.66 bits per heavy atom. The number of fused-ring (bicyclic) bond motifs is 1. The number of methoxy groups -OCH3 is 1. The molecule has 4 aromatic rings. The van der Waals surface area contributed by atoms with E-state index in [2.05, 4.69) is 42.6 Å². The highest BCUT2D eigenvalue weighted by atomic mass is 32.1. The predicted molar refractivity (Wildman–Crippen MR) is 152 cm³/mol. The maximum absolute atomic E-state index is 13.8. The second-order valence-corrected chi connectivity index (χ2v) is 10.6. The third-order valence-electron chi connectivity index (χ3n) is 7.10. The van der Waals surface area contributed by atoms with Crippen molar-refractivity contribution in [3.63, 3.8) is 0 Å². The fourth-order valence-corrected chi connectivity index (χ4v) is 5.92. The molecule has 0 radical (unpaired) electrons. The molecular weight excluding hydrogens is 492 g/mol. The van der Waals surface area contributed by atoms with Crippen LogP contribution in [-0.2, 0) is 16.0 Å². The summed E-state index contributed by atoms with van der Waals surface area (Å²) in [5.41, 5.74) is 6.16. The van der Waals surface area contributed by atoms with Crippen LogP contribution in [0.15, 0.2) is 90.3 Å². The first kappa shape index (κ1) is 25.9. The third kappa shape index (κ3) is 5.57. The summed E-state index contributed by atoms with van der Waals surface area (Å²) < 4.78 is 5.28. The van der Waals surface area contributed by atoms with Crippen LogP contribution in [0.5, 0.6) is 0 Å². The fraction of sp³-hybridized carbons (Fsp3) is 0.250. The van der Waals surface area contributed by atoms with Gasteiger partial charge in [-0.2, -0.15) is 0 Å². The van der Waals surface area contributed by atoms with E-state index in [4.69, 9.17) is 4.74 Å². The van der Waals surface area contributed by atoms with E-state index in [0.717, 1.165) is 23.1 Å². The van der Waals surface area contributed by atoms with Gasteiger partial charge in [0.1, 0.15) is 6.54 Å². The normalized spacial score (nSPS) is 14.7. The SMILES string of the molecule is COCCN(CC(=O)N1CCc2sccc2C1c1ccc(C)cc1)C(=O)c1ccc(-c2ccccc2)cc1. The first-order valence-corrected chi connectivity index (χ1v) is 13.8. The molecule has 0 N–H and O–H groups in total. The number of amides is 2. The number of hydrogen-bond donors (Lipinski definition) is 0. The summed E-state index contributed by atoms with van der Waals surface area (Å²) >= 11 is 1.75. The molecule has 0 fully saturated rings. The smallest absolute Gasteiger partial charge is 0.254 e. The number of rotatable bonds is 8. The Balaban J connectivity index is 1.38. The summed E-state index contributed by atoms with van der Waals surface area (Å²) in [6.45, 7) is 3.40. The summed E-state index contributed by atoms with van der Waals surface area (Å²) in [7, 11) is 1.61. The van der Waals surface area contributed by atoms with Gasteiger partial charge in [0.05, 0.1) is 12.6 Å². The maximum atomic E-state index is 13.8. The van der Waals surface area contributed by atoms with E-state index in [9.17, 15) is 9.59 Å². The Labute approximate surface area is 228 Å². The van der Waals surface area contributed by atoms with Crippen molar-refractivity contribution in [1.82, 2.24) is 9.80 Å². The second-order valence-electron chi connectivity index (χ2n) is 9.61. The zero-order valence-electron chi connectivity index (χ0n) is 21.8. The van der Waals surface area contributed by atoms with Crippen molar-refractivity contribution in [3.05, 3.63) is 117 Å². The van der Waals surface area contributed by atoms with Crippen LogP contribution in [0.25, 0.3) is 11.1 Å². The van der Waals surface area contributed by atoms with Gasteiger partial charge in [0, 0.05) is 30.6 Å². The lowest BCUT2D eigenvalue weighted by molar-refractivity contribution is -0.134. The number of carbonyl (C=O) groups is 2. The van der Waals surface area contributed by atoms with Gasteiger partial charge < -0.3 is 14.5 Å². The van der Waals surface area contributed by atoms with Gasteiger partial charge in [-0.25, -0.2) is 0 Å². The molecule has 1 aliphatic heterocycles. The molecule has 3 aromatic carbocycles. The van der Waals surface area contributed by atoms with Gasteiger partial charge in [0.25, 0.3) is 5.91 Å². The molecule has 0 saturated heterocycles. The zero-order chi connectivity index (χ0) is 26.5. The van der Waals surface area contributed by atoms with Crippen molar-refractivity contribution >= 4 is 23.2 Å². The van der Waals surface area contributed by atoms with Crippen LogP contribution in [-0.4, -0.2) is 55.0 Å². The highest BCUT2D eigenvalue weighted by Gasteiger charge is 2.34. The molecule has 1 aromatic heterocycles. The maximum Gasteiger partial charge on any atom is 0.254 e. The van der Waals surface area contributed by atoms with E-state index < -0.39 is 0 Å². The van der Waals surface area contributed by atoms with E-state index in [0.29, 0.717) is 25.3 Å². The van der Waals surface area contributed by atoms with Crippen LogP contribution in [0, 0.1) is 6.92 Å². The van der Waals surface area contributed by atoms with Gasteiger partial charge in [-0.05, 0) is 59.2 Å². The largest absolute Gasteiger partial charge is 0.383 e. The van der Waals surface area contributed by atoms with Gasteiger partial charge in [-0.1, -0.05) is 72.3 Å². The standard InChI is InChI=1S/C32H32N2O3S/c1-23-8-10-26(11-9-23)31-28-17-21-38-29(28)16-18-34(31)30(35)22-33(19-20-37-2)32(36)27-14-12-25(13-15-27)24-6-4-3-5-7-24/h3-15,17,21,31H,16,18-20,22H2,1-2H3. The van der Waals surface area contributed by atoms with Crippen LogP contribution < -0.4 is 0 Å². The molecule has 5 nitrogen and oxygen atoms in total. The second kappa shape index (κ2) is 11.8. The number of aryl methyl sites for hydroxylation is 1. The van der Waals surface area contributed by atoms with Gasteiger partial charge in [0.15, 0.2) is 0 Å². The molecule has 38 heavy (non-hydrogen) atoms. The average Bonchev–Trinajstić information content (AvgIpc) is 3.44. The summed E-state index contributed by atoms with van der Waals surface area (Å²) in [6, 6.07) is 28.0. The van der Waals surface area contributed by atoms with E-state index in [1.807, 2.05) is 59.5 Å². The molecule has 5 rings (SSSR count). The highest BCUT2D eigenvalue weighted by molar-refractivity contribution is 7.10. The van der Waals surface area contributed by atoms with Gasteiger partial charge in [-0.3, -0.25) is 9.59 Å². The first-order valence-electron chi connectivity index (χ1n) is 12.9. The number of nitrogens with zero attached hydrogens (tertiary/aromatic N) is 2. The van der Waals surface area contributed by atoms with Crippen molar-refractivity contribution in [3.8, 4) is 11.1 Å². The minimum absolute atomic E-state index is 0.00443. The van der Waals surface area contributed by atoms with Gasteiger partial charge in [-0.15, -0.1) is 11.3 Å². The summed E-state index contributed by atoms with van der Waals surface area (Å²) in [4.78, 5) is 32.3. The molecule has 1 unspecified atom stereocenters. The van der Waals surface area contributed by atoms with Gasteiger partial charge in [0.2, 0.25) is 5.91 Å². The molecule has 2 heterocycles. The molecule has 1 aliphatic rings. The Hall–Kier alpha value is -3.74. The van der Waals surface area contributed by atoms with E-state index in [1.165, 1.54) is 16.0 Å². The number of thiophene rings is 1. The van der Waals surface area contributed by atoms with Crippen LogP contribution in [0.4, 0.5) is 0 Å². The van der Waals surface area contributed by atoms with Crippen molar-refractivity contribution in [2.75, 3.05) is 33.4 Å². The molecule has 0 aliphatic carbocycles. The minimum atomic E-state index is -0.171. The molecular formula is C32H32N2O3S. The van der Waals surface area contributed by atoms with E-state index >= 15 is 0 Å². The minimum Gasteiger partial charge on any atom is -0.383 e. The topological polar surface area (TPSA) is 49.9 Å². The molecule has 1 atom stereocenters. The number of hydrogen-bond acceptors (Lipinski definition) is 4. The van der Waals surface area contributed by atoms with Crippen molar-refractivity contribution < 1.29 is 14.3 Å². The molecule has 194 valence electrons. The van der Waals surface area contributed by atoms with Crippen LogP contribution in [0.3, 0.4) is 0 Å². The van der Waals surface area contributed by atoms with E-state index in [-0.39, 0.29) is 24.4 Å². The third-order valence-corrected chi connectivity index (χ3v) is 8.09. The lowest BCUT2D eigenvalue weighted by Crippen LogP contribution is -2.47. The molecule has 2 amide bonds. The molecule has 0 saturated carbocycles. The lowest BCUT2D eigenvalue weighted by atomic mass is 9.92. The van der Waals surface area contributed by atoms with Crippen molar-refractivity contribution in [2.45, 2.75) is 19.4 Å². The molecule has 0 bridgehead atoms. The number of benzene rings is 3. The Bertz CT molecular complexity index is 1380. The predicted octanol–water partition coefficient (Wildman–Crippen LogP) is 5.99. The van der Waals surface area contributed by atoms with Crippen LogP contribution >= 0.6 is 11.3 Å². The van der Waals surface area contributed by atoms with E-state index in [1.54, 1.807) is 23.3 Å². The van der Waals surface area contributed by atoms with Gasteiger partial charge >= 0.3 is 0 Å². The quantitative estimate of drug-likeness (QED) is 0.285. The summed E-state index contributed by atoms with van der Waals surface area (Å²) in [5, 5.41) is 2.10. The molecule has 0 spiro atoms. The fourth-order valence-electron chi connectivity index (χ4n) is 5.02. The monoisotopic (exact) mass is 524 g/mol.